The molecule has 0 fully saturated rings. The molecule has 0 aliphatic carbocycles. The van der Waals surface area contributed by atoms with Crippen LogP contribution in [-0.2, 0) is 4.79 Å². The maximum atomic E-state index is 10.6. The molecule has 0 spiro atoms. The van der Waals surface area contributed by atoms with Gasteiger partial charge in [-0.05, 0) is 30.5 Å². The molecule has 0 saturated carbocycles. The van der Waals surface area contributed by atoms with Crippen LogP contribution in [0.15, 0.2) is 18.2 Å². The number of aliphatic carboxylic acids is 1. The minimum absolute atomic E-state index is 0.495. The molecule has 0 unspecified atom stereocenters. The van der Waals surface area contributed by atoms with E-state index >= 15 is 0 Å². The third-order valence-electron chi connectivity index (χ3n) is 2.05. The van der Waals surface area contributed by atoms with E-state index in [-0.39, 0.29) is 0 Å². The predicted octanol–water partition coefficient (Wildman–Crippen LogP) is 1.42. The molecule has 3 heteroatoms. The van der Waals surface area contributed by atoms with E-state index in [9.17, 15) is 9.90 Å². The Balaban J connectivity index is 3.20. The van der Waals surface area contributed by atoms with Gasteiger partial charge in [0.25, 0.3) is 0 Å². The van der Waals surface area contributed by atoms with Crippen LogP contribution in [0.4, 0.5) is 0 Å². The van der Waals surface area contributed by atoms with Crippen LogP contribution in [0.25, 0.3) is 0 Å². The first-order valence-electron chi connectivity index (χ1n) is 4.01. The number of carboxylic acids is 1. The molecule has 1 aromatic rings. The van der Waals surface area contributed by atoms with Crippen molar-refractivity contribution >= 4 is 5.97 Å². The lowest BCUT2D eigenvalue weighted by atomic mass is 9.98. The Labute approximate surface area is 76.6 Å². The zero-order chi connectivity index (χ0) is 10.0. The van der Waals surface area contributed by atoms with Gasteiger partial charge in [0.05, 0.1) is 0 Å². The van der Waals surface area contributed by atoms with E-state index in [0.717, 1.165) is 11.1 Å². The van der Waals surface area contributed by atoms with Gasteiger partial charge >= 0.3 is 5.97 Å². The molecule has 1 aromatic carbocycles. The third-order valence-corrected chi connectivity index (χ3v) is 2.05. The fourth-order valence-electron chi connectivity index (χ4n) is 1.38. The number of aliphatic hydroxyl groups excluding tert-OH is 1. The summed E-state index contributed by atoms with van der Waals surface area (Å²) in [4.78, 5) is 10.6. The molecule has 0 aromatic heterocycles. The largest absolute Gasteiger partial charge is 0.479 e. The monoisotopic (exact) mass is 180 g/mol. The lowest BCUT2D eigenvalue weighted by Crippen LogP contribution is -2.13. The standard InChI is InChI=1S/C10H12O3/c1-6-4-3-5-7(2)8(6)9(11)10(12)13/h3-5,9,11H,1-2H3,(H,12,13)/t9-/m0/s1. The second-order valence-corrected chi connectivity index (χ2v) is 3.05. The first kappa shape index (κ1) is 9.74. The van der Waals surface area contributed by atoms with Crippen molar-refractivity contribution in [2.45, 2.75) is 20.0 Å². The van der Waals surface area contributed by atoms with Gasteiger partial charge < -0.3 is 10.2 Å². The van der Waals surface area contributed by atoms with Gasteiger partial charge in [-0.1, -0.05) is 18.2 Å². The highest BCUT2D eigenvalue weighted by Gasteiger charge is 2.19. The van der Waals surface area contributed by atoms with E-state index in [4.69, 9.17) is 5.11 Å². The smallest absolute Gasteiger partial charge is 0.337 e. The molecule has 0 heterocycles. The zero-order valence-electron chi connectivity index (χ0n) is 7.61. The molecule has 70 valence electrons. The summed E-state index contributed by atoms with van der Waals surface area (Å²) in [5, 5.41) is 18.0. The molecule has 0 radical (unpaired) electrons. The van der Waals surface area contributed by atoms with E-state index in [2.05, 4.69) is 0 Å². The van der Waals surface area contributed by atoms with Crippen molar-refractivity contribution < 1.29 is 15.0 Å². The lowest BCUT2D eigenvalue weighted by Gasteiger charge is -2.12. The van der Waals surface area contributed by atoms with Crippen LogP contribution in [0.5, 0.6) is 0 Å². The molecule has 1 rings (SSSR count). The van der Waals surface area contributed by atoms with Crippen molar-refractivity contribution in [2.24, 2.45) is 0 Å². The Kier molecular flexibility index (Phi) is 2.68. The van der Waals surface area contributed by atoms with E-state index in [1.807, 2.05) is 6.07 Å². The average molecular weight is 180 g/mol. The Hall–Kier alpha value is -1.35. The predicted molar refractivity (Wildman–Crippen MR) is 48.5 cm³/mol. The minimum Gasteiger partial charge on any atom is -0.479 e. The van der Waals surface area contributed by atoms with Crippen molar-refractivity contribution in [3.63, 3.8) is 0 Å². The Morgan fingerprint density at radius 3 is 2.15 bits per heavy atom. The summed E-state index contributed by atoms with van der Waals surface area (Å²) in [6, 6.07) is 5.41. The molecule has 2 N–H and O–H groups in total. The van der Waals surface area contributed by atoms with Crippen molar-refractivity contribution in [1.82, 2.24) is 0 Å². The number of carbonyl (C=O) groups is 1. The molecular formula is C10H12O3. The van der Waals surface area contributed by atoms with Gasteiger partial charge in [0, 0.05) is 0 Å². The molecule has 13 heavy (non-hydrogen) atoms. The summed E-state index contributed by atoms with van der Waals surface area (Å²) >= 11 is 0. The number of hydrogen-bond acceptors (Lipinski definition) is 2. The number of aryl methyl sites for hydroxylation is 2. The van der Waals surface area contributed by atoms with Crippen LogP contribution in [0, 0.1) is 13.8 Å². The van der Waals surface area contributed by atoms with Crippen molar-refractivity contribution in [2.75, 3.05) is 0 Å². The van der Waals surface area contributed by atoms with Crippen LogP contribution in [0.3, 0.4) is 0 Å². The van der Waals surface area contributed by atoms with Crippen LogP contribution in [-0.4, -0.2) is 16.2 Å². The minimum atomic E-state index is -1.42. The number of aliphatic hydroxyl groups is 1. The van der Waals surface area contributed by atoms with E-state index in [0.29, 0.717) is 5.56 Å². The third kappa shape index (κ3) is 1.87. The molecule has 0 bridgehead atoms. The number of benzene rings is 1. The average Bonchev–Trinajstić information content (AvgIpc) is 2.03. The van der Waals surface area contributed by atoms with Crippen LogP contribution in [0.2, 0.25) is 0 Å². The topological polar surface area (TPSA) is 57.5 Å². The molecule has 0 aliphatic rings. The van der Waals surface area contributed by atoms with Gasteiger partial charge in [0.15, 0.2) is 6.10 Å². The van der Waals surface area contributed by atoms with Crippen molar-refractivity contribution in [3.8, 4) is 0 Å². The summed E-state index contributed by atoms with van der Waals surface area (Å²) in [5.74, 6) is -1.21. The van der Waals surface area contributed by atoms with Crippen LogP contribution < -0.4 is 0 Å². The highest BCUT2D eigenvalue weighted by Crippen LogP contribution is 2.21. The van der Waals surface area contributed by atoms with Crippen LogP contribution in [0.1, 0.15) is 22.8 Å². The van der Waals surface area contributed by atoms with Gasteiger partial charge in [0.2, 0.25) is 0 Å². The Morgan fingerprint density at radius 1 is 1.31 bits per heavy atom. The van der Waals surface area contributed by atoms with Gasteiger partial charge in [-0.25, -0.2) is 4.79 Å². The fourth-order valence-corrected chi connectivity index (χ4v) is 1.38. The summed E-state index contributed by atoms with van der Waals surface area (Å²) < 4.78 is 0. The normalized spacial score (nSPS) is 12.5. The number of rotatable bonds is 2. The first-order chi connectivity index (χ1) is 6.04. The molecular weight excluding hydrogens is 168 g/mol. The van der Waals surface area contributed by atoms with Gasteiger partial charge in [-0.3, -0.25) is 0 Å². The quantitative estimate of drug-likeness (QED) is 0.723. The summed E-state index contributed by atoms with van der Waals surface area (Å²) in [6.07, 6.45) is -1.42. The fraction of sp³-hybridized carbons (Fsp3) is 0.300. The van der Waals surface area contributed by atoms with E-state index < -0.39 is 12.1 Å². The molecule has 3 nitrogen and oxygen atoms in total. The SMILES string of the molecule is Cc1cccc(C)c1[C@H](O)C(=O)O. The number of hydrogen-bond donors (Lipinski definition) is 2. The van der Waals surface area contributed by atoms with E-state index in [1.54, 1.807) is 26.0 Å². The molecule has 1 atom stereocenters. The van der Waals surface area contributed by atoms with Crippen molar-refractivity contribution in [3.05, 3.63) is 34.9 Å². The summed E-state index contributed by atoms with van der Waals surface area (Å²) in [7, 11) is 0. The molecule has 0 aliphatic heterocycles. The second kappa shape index (κ2) is 3.58. The number of carboxylic acid groups (broad SMARTS) is 1. The molecule has 0 saturated heterocycles. The Morgan fingerprint density at radius 2 is 1.77 bits per heavy atom. The molecule has 0 amide bonds. The first-order valence-corrected chi connectivity index (χ1v) is 4.01. The van der Waals surface area contributed by atoms with Crippen LogP contribution >= 0.6 is 0 Å². The summed E-state index contributed by atoms with van der Waals surface area (Å²) in [6.45, 7) is 3.57. The van der Waals surface area contributed by atoms with Crippen molar-refractivity contribution in [1.29, 1.82) is 0 Å². The van der Waals surface area contributed by atoms with E-state index in [1.165, 1.54) is 0 Å². The summed E-state index contributed by atoms with van der Waals surface area (Å²) in [5.41, 5.74) is 2.10. The second-order valence-electron chi connectivity index (χ2n) is 3.05. The highest BCUT2D eigenvalue weighted by molar-refractivity contribution is 5.75. The maximum absolute atomic E-state index is 10.6. The Bertz CT molecular complexity index is 311. The maximum Gasteiger partial charge on any atom is 0.337 e. The van der Waals surface area contributed by atoms with Gasteiger partial charge in [-0.2, -0.15) is 0 Å². The highest BCUT2D eigenvalue weighted by atomic mass is 16.4. The lowest BCUT2D eigenvalue weighted by molar-refractivity contribution is -0.147. The van der Waals surface area contributed by atoms with Gasteiger partial charge in [-0.15, -0.1) is 0 Å². The van der Waals surface area contributed by atoms with Gasteiger partial charge in [0.1, 0.15) is 0 Å². The zero-order valence-corrected chi connectivity index (χ0v) is 7.61.